The van der Waals surface area contributed by atoms with Crippen LogP contribution in [0.1, 0.15) is 84.0 Å². The van der Waals surface area contributed by atoms with Crippen molar-refractivity contribution < 1.29 is 75.4 Å². The maximum Gasteiger partial charge on any atom is 0.306 e. The average Bonchev–Trinajstić information content (AvgIpc) is 3.42. The fraction of sp³-hybridized carbons (Fsp3) is 0.517. The molecule has 4 aromatic rings. The molecule has 0 N–H and O–H groups in total. The molecule has 76 heavy (non-hydrogen) atoms. The zero-order chi connectivity index (χ0) is 53.4. The van der Waals surface area contributed by atoms with Crippen molar-refractivity contribution in [2.45, 2.75) is 76.3 Å². The maximum absolute atomic E-state index is 12.9. The molecule has 2 aliphatic rings. The lowest BCUT2D eigenvalue weighted by Gasteiger charge is -2.46. The van der Waals surface area contributed by atoms with E-state index in [9.17, 15) is 9.59 Å². The minimum Gasteiger partial charge on any atom is -0.493 e. The van der Waals surface area contributed by atoms with Crippen molar-refractivity contribution in [1.29, 1.82) is 0 Å². The van der Waals surface area contributed by atoms with Crippen molar-refractivity contribution in [2.24, 2.45) is 0 Å². The molecule has 4 unspecified atom stereocenters. The summed E-state index contributed by atoms with van der Waals surface area (Å²) in [5.41, 5.74) is 6.93. The number of esters is 2. The van der Waals surface area contributed by atoms with Crippen LogP contribution >= 0.6 is 24.8 Å². The Morgan fingerprint density at radius 1 is 0.461 bits per heavy atom. The van der Waals surface area contributed by atoms with Crippen molar-refractivity contribution >= 4 is 36.8 Å². The quantitative estimate of drug-likeness (QED) is 0.0230. The monoisotopic (exact) mass is 1100 g/mol. The molecule has 0 aromatic heterocycles. The Balaban J connectivity index is 0.00000624. The lowest BCUT2D eigenvalue weighted by molar-refractivity contribution is -0.941. The Kier molecular flexibility index (Phi) is 24.3. The Morgan fingerprint density at radius 2 is 0.776 bits per heavy atom. The highest BCUT2D eigenvalue weighted by atomic mass is 35.5. The van der Waals surface area contributed by atoms with Gasteiger partial charge in [-0.2, -0.15) is 0 Å². The summed E-state index contributed by atoms with van der Waals surface area (Å²) in [5, 5.41) is 0. The molecule has 4 atom stereocenters. The summed E-state index contributed by atoms with van der Waals surface area (Å²) in [7, 11) is 20.9. The number of carbonyl (C=O) groups excluding carboxylic acids is 2. The predicted molar refractivity (Wildman–Crippen MR) is 297 cm³/mol. The van der Waals surface area contributed by atoms with E-state index in [0.29, 0.717) is 109 Å². The third-order valence-electron chi connectivity index (χ3n) is 15.0. The van der Waals surface area contributed by atoms with Crippen molar-refractivity contribution in [3.63, 3.8) is 0 Å². The molecule has 420 valence electrons. The lowest BCUT2D eigenvalue weighted by Crippen LogP contribution is -2.52. The van der Waals surface area contributed by atoms with Gasteiger partial charge in [0.2, 0.25) is 11.5 Å². The molecule has 0 saturated carbocycles. The SMILES string of the molecule is COc1cc2c(cc1OC)C(Cc1cc(OC)c(OC)c(OC)c1)[N+](C)(CCCOC(=O)CCC=CCCC(=O)OCCC[N+]1(C)CCc3cc(OC)c(OC)cc3C1Cc1cc(OC)c(OC)c(OC)c1)CC2.Cl.Cl. The van der Waals surface area contributed by atoms with Crippen LogP contribution in [-0.4, -0.2) is 145 Å². The second kappa shape index (κ2) is 29.5. The van der Waals surface area contributed by atoms with E-state index in [1.54, 1.807) is 71.1 Å². The highest BCUT2D eigenvalue weighted by Crippen LogP contribution is 2.47. The number of methoxy groups -OCH3 is 10. The van der Waals surface area contributed by atoms with E-state index < -0.39 is 0 Å². The Bertz CT molecular complexity index is 2350. The topological polar surface area (TPSA) is 145 Å². The van der Waals surface area contributed by atoms with Gasteiger partial charge >= 0.3 is 11.9 Å². The van der Waals surface area contributed by atoms with Gasteiger partial charge in [-0.15, -0.1) is 24.8 Å². The highest BCUT2D eigenvalue weighted by Gasteiger charge is 2.42. The second-order valence-corrected chi connectivity index (χ2v) is 19.4. The number of ether oxygens (including phenoxy) is 12. The van der Waals surface area contributed by atoms with Crippen LogP contribution in [0.25, 0.3) is 0 Å². The molecular formula is C58H82Cl2N2O14+2. The number of likely N-dealkylation sites (N-methyl/N-ethyl adjacent to an activating group) is 2. The molecule has 16 nitrogen and oxygen atoms in total. The van der Waals surface area contributed by atoms with E-state index >= 15 is 0 Å². The van der Waals surface area contributed by atoms with Crippen molar-refractivity contribution in [3.05, 3.63) is 94.1 Å². The number of fused-ring (bicyclic) bond motifs is 2. The van der Waals surface area contributed by atoms with Gasteiger partial charge in [0, 0.05) is 62.5 Å². The fourth-order valence-corrected chi connectivity index (χ4v) is 10.8. The third-order valence-corrected chi connectivity index (χ3v) is 15.0. The van der Waals surface area contributed by atoms with Crippen LogP contribution in [0.4, 0.5) is 0 Å². The third kappa shape index (κ3) is 15.0. The van der Waals surface area contributed by atoms with Crippen LogP contribution < -0.4 is 47.4 Å². The van der Waals surface area contributed by atoms with E-state index in [1.807, 2.05) is 36.4 Å². The van der Waals surface area contributed by atoms with Gasteiger partial charge in [-0.25, -0.2) is 0 Å². The fourth-order valence-electron chi connectivity index (χ4n) is 10.8. The standard InChI is InChI=1S/C58H80N2O14.2ClH/c1-59(25-21-41-35-47(63-3)49(65-5)37-43(41)45(59)29-39-31-51(67-7)57(71-11)52(32-39)68-8)23-17-27-73-55(61)19-15-13-14-16-20-56(62)74-28-18-24-60(2)26-22-42-36-48(64-4)50(66-6)38-44(42)46(60)30-40-33-53(69-9)58(72-12)54(34-40)70-10;;/h13-14,31-38,45-46H,15-30H2,1-12H3;2*1H/q+2;;. The summed E-state index contributed by atoms with van der Waals surface area (Å²) in [4.78, 5) is 25.7. The number of nitrogens with zero attached hydrogens (tertiary/aromatic N) is 2. The second-order valence-electron chi connectivity index (χ2n) is 19.4. The van der Waals surface area contributed by atoms with E-state index in [1.165, 1.54) is 22.3 Å². The molecule has 4 aromatic carbocycles. The molecule has 2 heterocycles. The molecule has 0 aliphatic carbocycles. The zero-order valence-electron chi connectivity index (χ0n) is 46.7. The van der Waals surface area contributed by atoms with Gasteiger partial charge < -0.3 is 65.8 Å². The first-order valence-electron chi connectivity index (χ1n) is 25.5. The predicted octanol–water partition coefficient (Wildman–Crippen LogP) is 9.87. The first kappa shape index (κ1) is 62.6. The van der Waals surface area contributed by atoms with Gasteiger partial charge in [0.15, 0.2) is 46.0 Å². The average molecular weight is 1100 g/mol. The Morgan fingerprint density at radius 3 is 1.08 bits per heavy atom. The molecule has 0 spiro atoms. The summed E-state index contributed by atoms with van der Waals surface area (Å²) >= 11 is 0. The smallest absolute Gasteiger partial charge is 0.306 e. The molecule has 6 rings (SSSR count). The van der Waals surface area contributed by atoms with E-state index in [4.69, 9.17) is 56.8 Å². The Hall–Kier alpha value is -5.94. The highest BCUT2D eigenvalue weighted by molar-refractivity contribution is 5.85. The van der Waals surface area contributed by atoms with Crippen molar-refractivity contribution in [3.8, 4) is 57.5 Å². The van der Waals surface area contributed by atoms with E-state index in [0.717, 1.165) is 59.1 Å². The van der Waals surface area contributed by atoms with E-state index in [2.05, 4.69) is 38.4 Å². The van der Waals surface area contributed by atoms with Gasteiger partial charge in [-0.05, 0) is 83.6 Å². The largest absolute Gasteiger partial charge is 0.493 e. The van der Waals surface area contributed by atoms with Crippen LogP contribution in [0, 0.1) is 0 Å². The molecule has 18 heteroatoms. The van der Waals surface area contributed by atoms with Crippen LogP contribution in [-0.2, 0) is 44.7 Å². The summed E-state index contributed by atoms with van der Waals surface area (Å²) in [5.74, 6) is 5.81. The zero-order valence-corrected chi connectivity index (χ0v) is 48.3. The number of rotatable bonds is 28. The molecule has 0 bridgehead atoms. The van der Waals surface area contributed by atoms with Crippen molar-refractivity contribution in [2.75, 3.05) is 125 Å². The van der Waals surface area contributed by atoms with Gasteiger partial charge in [-0.3, -0.25) is 9.59 Å². The number of hydrogen-bond donors (Lipinski definition) is 0. The summed E-state index contributed by atoms with van der Waals surface area (Å²) in [6.45, 7) is 4.02. The number of carbonyl (C=O) groups is 2. The minimum absolute atomic E-state index is 0. The van der Waals surface area contributed by atoms with E-state index in [-0.39, 0.29) is 61.7 Å². The van der Waals surface area contributed by atoms with Gasteiger partial charge in [-0.1, -0.05) is 12.2 Å². The van der Waals surface area contributed by atoms with Crippen LogP contribution in [0.2, 0.25) is 0 Å². The molecule has 0 radical (unpaired) electrons. The number of quaternary nitrogens is 2. The van der Waals surface area contributed by atoms with Crippen LogP contribution in [0.15, 0.2) is 60.7 Å². The first-order valence-corrected chi connectivity index (χ1v) is 25.5. The number of allylic oxidation sites excluding steroid dienone is 2. The number of hydrogen-bond acceptors (Lipinski definition) is 14. The lowest BCUT2D eigenvalue weighted by atomic mass is 9.86. The Labute approximate surface area is 462 Å². The van der Waals surface area contributed by atoms with Crippen LogP contribution in [0.5, 0.6) is 57.5 Å². The first-order chi connectivity index (χ1) is 35.7. The normalized spacial score (nSPS) is 18.4. The molecule has 0 saturated heterocycles. The van der Waals surface area contributed by atoms with Crippen molar-refractivity contribution in [1.82, 2.24) is 0 Å². The molecule has 0 fully saturated rings. The van der Waals surface area contributed by atoms with Gasteiger partial charge in [0.05, 0.1) is 125 Å². The molecular weight excluding hydrogens is 1020 g/mol. The number of benzene rings is 4. The molecule has 2 aliphatic heterocycles. The number of halogens is 2. The van der Waals surface area contributed by atoms with Crippen LogP contribution in [0.3, 0.4) is 0 Å². The minimum atomic E-state index is -0.246. The summed E-state index contributed by atoms with van der Waals surface area (Å²) in [6, 6.07) is 16.5. The summed E-state index contributed by atoms with van der Waals surface area (Å²) in [6.07, 6.45) is 9.94. The van der Waals surface area contributed by atoms with Gasteiger partial charge in [0.25, 0.3) is 0 Å². The van der Waals surface area contributed by atoms with Gasteiger partial charge in [0.1, 0.15) is 12.1 Å². The maximum atomic E-state index is 12.9. The molecule has 0 amide bonds. The summed E-state index contributed by atoms with van der Waals surface area (Å²) < 4.78 is 69.8.